The zero-order chi connectivity index (χ0) is 12.1. The molecule has 90 valence electrons. The quantitative estimate of drug-likeness (QED) is 0.563. The van der Waals surface area contributed by atoms with Gasteiger partial charge in [0.1, 0.15) is 5.84 Å². The topological polar surface area (TPSA) is 28.0 Å². The summed E-state index contributed by atoms with van der Waals surface area (Å²) >= 11 is 1.59. The summed E-state index contributed by atoms with van der Waals surface area (Å²) in [5.74, 6) is 1.15. The Labute approximate surface area is 107 Å². The molecule has 0 spiro atoms. The van der Waals surface area contributed by atoms with E-state index in [4.69, 9.17) is 0 Å². The molecule has 1 aliphatic heterocycles. The summed E-state index contributed by atoms with van der Waals surface area (Å²) in [7, 11) is 2.09. The zero-order valence-electron chi connectivity index (χ0n) is 10.3. The van der Waals surface area contributed by atoms with Crippen LogP contribution in [0.15, 0.2) is 40.3 Å². The number of nitrogens with zero attached hydrogens (tertiary/aromatic N) is 3. The van der Waals surface area contributed by atoms with Gasteiger partial charge in [0.05, 0.1) is 5.69 Å². The highest BCUT2D eigenvalue weighted by molar-refractivity contribution is 8.13. The molecule has 0 atom stereocenters. The Hall–Kier alpha value is -1.29. The van der Waals surface area contributed by atoms with Gasteiger partial charge in [0.25, 0.3) is 0 Å². The van der Waals surface area contributed by atoms with Gasteiger partial charge in [0.15, 0.2) is 5.17 Å². The van der Waals surface area contributed by atoms with E-state index in [9.17, 15) is 0 Å². The van der Waals surface area contributed by atoms with Crippen molar-refractivity contribution < 1.29 is 0 Å². The summed E-state index contributed by atoms with van der Waals surface area (Å²) in [5.41, 5.74) is 0.960. The molecule has 1 aromatic carbocycles. The summed E-state index contributed by atoms with van der Waals surface area (Å²) in [4.78, 5) is 11.4. The van der Waals surface area contributed by atoms with Crippen molar-refractivity contribution in [3.05, 3.63) is 30.3 Å². The van der Waals surface area contributed by atoms with Crippen molar-refractivity contribution in [3.63, 3.8) is 0 Å². The minimum absolute atomic E-state index is 0.833. The number of hydrogen-bond acceptors (Lipinski definition) is 2. The number of likely N-dealkylation sites (tertiary alicyclic amines) is 1. The lowest BCUT2D eigenvalue weighted by Crippen LogP contribution is -2.19. The fourth-order valence-electron chi connectivity index (χ4n) is 1.78. The fourth-order valence-corrected chi connectivity index (χ4v) is 2.17. The molecule has 0 unspecified atom stereocenters. The van der Waals surface area contributed by atoms with Crippen molar-refractivity contribution in [1.82, 2.24) is 4.90 Å². The van der Waals surface area contributed by atoms with Crippen molar-refractivity contribution in [1.29, 1.82) is 0 Å². The van der Waals surface area contributed by atoms with Crippen LogP contribution in [0.1, 0.15) is 12.8 Å². The number of thioether (sulfide) groups is 1. The van der Waals surface area contributed by atoms with Crippen LogP contribution >= 0.6 is 11.8 Å². The van der Waals surface area contributed by atoms with Crippen molar-refractivity contribution >= 4 is 28.5 Å². The zero-order valence-corrected chi connectivity index (χ0v) is 11.1. The van der Waals surface area contributed by atoms with E-state index in [1.807, 2.05) is 36.6 Å². The Morgan fingerprint density at radius 2 is 2.06 bits per heavy atom. The average Bonchev–Trinajstić information content (AvgIpc) is 2.75. The Balaban J connectivity index is 2.19. The van der Waals surface area contributed by atoms with E-state index in [1.54, 1.807) is 11.8 Å². The lowest BCUT2D eigenvalue weighted by atomic mass is 10.3. The number of amidine groups is 2. The van der Waals surface area contributed by atoms with Crippen LogP contribution in [0.4, 0.5) is 5.69 Å². The van der Waals surface area contributed by atoms with Crippen LogP contribution < -0.4 is 0 Å². The molecule has 0 aromatic heterocycles. The minimum Gasteiger partial charge on any atom is -0.363 e. The summed E-state index contributed by atoms with van der Waals surface area (Å²) in [6.45, 7) is 1.10. The van der Waals surface area contributed by atoms with E-state index in [0.717, 1.165) is 29.7 Å². The van der Waals surface area contributed by atoms with Gasteiger partial charge >= 0.3 is 0 Å². The van der Waals surface area contributed by atoms with E-state index in [1.165, 1.54) is 6.42 Å². The molecule has 0 aliphatic carbocycles. The van der Waals surface area contributed by atoms with Crippen LogP contribution in [-0.2, 0) is 0 Å². The number of rotatable bonds is 1. The monoisotopic (exact) mass is 247 g/mol. The first kappa shape index (κ1) is 12.2. The second kappa shape index (κ2) is 5.87. The molecule has 4 heteroatoms. The molecule has 0 N–H and O–H groups in total. The predicted octanol–water partition coefficient (Wildman–Crippen LogP) is 3.16. The van der Waals surface area contributed by atoms with Crippen LogP contribution in [0.3, 0.4) is 0 Å². The second-order valence-corrected chi connectivity index (χ2v) is 4.76. The first-order valence-corrected chi connectivity index (χ1v) is 6.98. The van der Waals surface area contributed by atoms with E-state index in [0.29, 0.717) is 0 Å². The Morgan fingerprint density at radius 3 is 2.65 bits per heavy atom. The highest BCUT2D eigenvalue weighted by Crippen LogP contribution is 2.16. The van der Waals surface area contributed by atoms with E-state index < -0.39 is 0 Å². The molecular weight excluding hydrogens is 230 g/mol. The third-order valence-corrected chi connectivity index (χ3v) is 3.27. The van der Waals surface area contributed by atoms with Crippen LogP contribution in [0, 0.1) is 0 Å². The normalized spacial score (nSPS) is 19.1. The third-order valence-electron chi connectivity index (χ3n) is 2.72. The van der Waals surface area contributed by atoms with Crippen molar-refractivity contribution in [2.45, 2.75) is 12.8 Å². The fraction of sp³-hybridized carbons (Fsp3) is 0.385. The highest BCUT2D eigenvalue weighted by Gasteiger charge is 2.14. The average molecular weight is 247 g/mol. The largest absolute Gasteiger partial charge is 0.363 e. The molecule has 1 aromatic rings. The Kier molecular flexibility index (Phi) is 4.20. The van der Waals surface area contributed by atoms with Crippen LogP contribution in [0.5, 0.6) is 0 Å². The molecule has 0 bridgehead atoms. The van der Waals surface area contributed by atoms with Crippen molar-refractivity contribution in [2.24, 2.45) is 9.98 Å². The van der Waals surface area contributed by atoms with Gasteiger partial charge in [-0.05, 0) is 24.8 Å². The molecule has 1 aliphatic rings. The number of benzene rings is 1. The molecule has 1 saturated heterocycles. The molecule has 1 fully saturated rings. The van der Waals surface area contributed by atoms with Gasteiger partial charge in [-0.25, -0.2) is 9.98 Å². The van der Waals surface area contributed by atoms with Crippen LogP contribution in [0.25, 0.3) is 0 Å². The third kappa shape index (κ3) is 3.33. The minimum atomic E-state index is 0.833. The maximum absolute atomic E-state index is 4.63. The molecule has 2 rings (SSSR count). The molecule has 17 heavy (non-hydrogen) atoms. The number of para-hydroxylation sites is 1. The Morgan fingerprint density at radius 1 is 1.29 bits per heavy atom. The summed E-state index contributed by atoms with van der Waals surface area (Å²) in [6.07, 6.45) is 4.27. The smallest absolute Gasteiger partial charge is 0.189 e. The molecule has 0 amide bonds. The van der Waals surface area contributed by atoms with Gasteiger partial charge in [-0.1, -0.05) is 30.0 Å². The predicted molar refractivity (Wildman–Crippen MR) is 76.4 cm³/mol. The van der Waals surface area contributed by atoms with Gasteiger partial charge in [-0.3, -0.25) is 0 Å². The van der Waals surface area contributed by atoms with Gasteiger partial charge in [-0.2, -0.15) is 0 Å². The van der Waals surface area contributed by atoms with E-state index in [-0.39, 0.29) is 0 Å². The summed E-state index contributed by atoms with van der Waals surface area (Å²) in [5, 5.41) is 0.833. The molecule has 0 saturated carbocycles. The molecule has 3 nitrogen and oxygen atoms in total. The SMILES string of the molecule is CSC(=Nc1ccccc1)N=C1CCCN1C. The van der Waals surface area contributed by atoms with Crippen LogP contribution in [0.2, 0.25) is 0 Å². The standard InChI is InChI=1S/C13H17N3S/c1-16-10-6-9-12(16)15-13(17-2)14-11-7-4-3-5-8-11/h3-5,7-8H,6,9-10H2,1-2H3. The first-order chi connectivity index (χ1) is 8.29. The lowest BCUT2D eigenvalue weighted by Gasteiger charge is -2.10. The number of hydrogen-bond donors (Lipinski definition) is 0. The van der Waals surface area contributed by atoms with E-state index in [2.05, 4.69) is 21.9 Å². The highest BCUT2D eigenvalue weighted by atomic mass is 32.2. The second-order valence-electron chi connectivity index (χ2n) is 3.99. The summed E-state index contributed by atoms with van der Waals surface area (Å²) < 4.78 is 0. The maximum Gasteiger partial charge on any atom is 0.189 e. The van der Waals surface area contributed by atoms with Crippen molar-refractivity contribution in [2.75, 3.05) is 19.8 Å². The molecule has 0 radical (unpaired) electrons. The van der Waals surface area contributed by atoms with Gasteiger partial charge < -0.3 is 4.90 Å². The van der Waals surface area contributed by atoms with Crippen LogP contribution in [-0.4, -0.2) is 35.8 Å². The summed E-state index contributed by atoms with van der Waals surface area (Å²) in [6, 6.07) is 9.97. The maximum atomic E-state index is 4.63. The van der Waals surface area contributed by atoms with Gasteiger partial charge in [0.2, 0.25) is 0 Å². The van der Waals surface area contributed by atoms with Gasteiger partial charge in [0, 0.05) is 20.0 Å². The number of aliphatic imine (C=N–C) groups is 2. The Bertz CT molecular complexity index is 426. The molecular formula is C13H17N3S. The lowest BCUT2D eigenvalue weighted by molar-refractivity contribution is 0.550. The van der Waals surface area contributed by atoms with Crippen molar-refractivity contribution in [3.8, 4) is 0 Å². The van der Waals surface area contributed by atoms with Gasteiger partial charge in [-0.15, -0.1) is 0 Å². The van der Waals surface area contributed by atoms with E-state index >= 15 is 0 Å². The molecule has 1 heterocycles. The first-order valence-electron chi connectivity index (χ1n) is 5.76.